The van der Waals surface area contributed by atoms with Gasteiger partial charge in [0, 0.05) is 53.2 Å². The minimum atomic E-state index is -0.0419. The standard InChI is InChI=1S/C24H25ClN4O/c25-19-7-10-21-22(11-13-26-23(21)17-19)28-20-8-5-18(6-9-20)24(30)27-12-4-16-29-14-2-1-3-15-29/h2,5-11,13-14,17H,1,3-4,12,15-16H2,(H,26,28)(H,27,30). The number of nitrogens with zero attached hydrogens (tertiary/aromatic N) is 2. The lowest BCUT2D eigenvalue weighted by Crippen LogP contribution is -2.28. The number of halogens is 1. The fourth-order valence-corrected chi connectivity index (χ4v) is 3.74. The molecule has 1 aliphatic heterocycles. The van der Waals surface area contributed by atoms with E-state index in [1.165, 1.54) is 12.8 Å². The molecular weight excluding hydrogens is 396 g/mol. The van der Waals surface area contributed by atoms with E-state index in [1.54, 1.807) is 6.20 Å². The minimum Gasteiger partial charge on any atom is -0.378 e. The summed E-state index contributed by atoms with van der Waals surface area (Å²) in [4.78, 5) is 19.1. The molecule has 30 heavy (non-hydrogen) atoms. The van der Waals surface area contributed by atoms with Crippen LogP contribution in [0.4, 0.5) is 11.4 Å². The predicted octanol–water partition coefficient (Wildman–Crippen LogP) is 5.36. The Bertz CT molecular complexity index is 1050. The molecule has 4 rings (SSSR count). The van der Waals surface area contributed by atoms with Crippen molar-refractivity contribution in [3.05, 3.63) is 77.6 Å². The SMILES string of the molecule is O=C(NCCCN1C=CCCC1)c1ccc(Nc2ccnc3cc(Cl)ccc23)cc1. The summed E-state index contributed by atoms with van der Waals surface area (Å²) in [6.45, 7) is 2.76. The maximum atomic E-state index is 12.4. The molecule has 0 atom stereocenters. The van der Waals surface area contributed by atoms with Crippen LogP contribution in [-0.2, 0) is 0 Å². The summed E-state index contributed by atoms with van der Waals surface area (Å²) < 4.78 is 0. The summed E-state index contributed by atoms with van der Waals surface area (Å²) in [5, 5.41) is 8.06. The van der Waals surface area contributed by atoms with Gasteiger partial charge < -0.3 is 15.5 Å². The van der Waals surface area contributed by atoms with Crippen LogP contribution in [0.2, 0.25) is 5.02 Å². The summed E-state index contributed by atoms with van der Waals surface area (Å²) >= 11 is 6.06. The summed E-state index contributed by atoms with van der Waals surface area (Å²) in [5.41, 5.74) is 3.35. The van der Waals surface area contributed by atoms with Gasteiger partial charge in [-0.3, -0.25) is 9.78 Å². The summed E-state index contributed by atoms with van der Waals surface area (Å²) in [7, 11) is 0. The lowest BCUT2D eigenvalue weighted by atomic mass is 10.1. The second-order valence-corrected chi connectivity index (χ2v) is 7.83. The molecule has 2 N–H and O–H groups in total. The van der Waals surface area contributed by atoms with E-state index in [9.17, 15) is 4.79 Å². The Morgan fingerprint density at radius 1 is 1.13 bits per heavy atom. The zero-order chi connectivity index (χ0) is 20.8. The van der Waals surface area contributed by atoms with E-state index in [0.717, 1.165) is 41.8 Å². The highest BCUT2D eigenvalue weighted by atomic mass is 35.5. The van der Waals surface area contributed by atoms with Crippen LogP contribution in [0.5, 0.6) is 0 Å². The molecule has 0 aliphatic carbocycles. The maximum Gasteiger partial charge on any atom is 0.251 e. The van der Waals surface area contributed by atoms with Gasteiger partial charge >= 0.3 is 0 Å². The number of carbonyl (C=O) groups excluding carboxylic acids is 1. The number of allylic oxidation sites excluding steroid dienone is 1. The van der Waals surface area contributed by atoms with Crippen LogP contribution in [0.25, 0.3) is 10.9 Å². The Balaban J connectivity index is 1.32. The van der Waals surface area contributed by atoms with E-state index < -0.39 is 0 Å². The number of pyridine rings is 1. The molecular formula is C24H25ClN4O. The van der Waals surface area contributed by atoms with Crippen molar-refractivity contribution in [3.8, 4) is 0 Å². The van der Waals surface area contributed by atoms with Crippen LogP contribution in [-0.4, -0.2) is 35.4 Å². The van der Waals surface area contributed by atoms with Gasteiger partial charge in [-0.2, -0.15) is 0 Å². The molecule has 5 nitrogen and oxygen atoms in total. The first-order valence-electron chi connectivity index (χ1n) is 10.3. The highest BCUT2D eigenvalue weighted by Gasteiger charge is 2.08. The van der Waals surface area contributed by atoms with E-state index >= 15 is 0 Å². The van der Waals surface area contributed by atoms with Gasteiger partial charge in [0.25, 0.3) is 5.91 Å². The van der Waals surface area contributed by atoms with Gasteiger partial charge in [-0.15, -0.1) is 0 Å². The second kappa shape index (κ2) is 9.63. The van der Waals surface area contributed by atoms with Gasteiger partial charge in [0.2, 0.25) is 0 Å². The Labute approximate surface area is 181 Å². The highest BCUT2D eigenvalue weighted by molar-refractivity contribution is 6.31. The van der Waals surface area contributed by atoms with Crippen molar-refractivity contribution in [1.29, 1.82) is 0 Å². The van der Waals surface area contributed by atoms with Crippen LogP contribution in [0, 0.1) is 0 Å². The van der Waals surface area contributed by atoms with Crippen LogP contribution in [0.15, 0.2) is 67.0 Å². The average molecular weight is 421 g/mol. The molecule has 0 saturated heterocycles. The second-order valence-electron chi connectivity index (χ2n) is 7.39. The van der Waals surface area contributed by atoms with Crippen molar-refractivity contribution in [2.24, 2.45) is 0 Å². The lowest BCUT2D eigenvalue weighted by Gasteiger charge is -2.23. The number of aromatic nitrogens is 1. The number of rotatable bonds is 7. The largest absolute Gasteiger partial charge is 0.378 e. The zero-order valence-corrected chi connectivity index (χ0v) is 17.5. The molecule has 6 heteroatoms. The van der Waals surface area contributed by atoms with Crippen molar-refractivity contribution in [1.82, 2.24) is 15.2 Å². The van der Waals surface area contributed by atoms with E-state index in [-0.39, 0.29) is 5.91 Å². The number of nitrogens with one attached hydrogen (secondary N) is 2. The quantitative estimate of drug-likeness (QED) is 0.505. The van der Waals surface area contributed by atoms with Crippen molar-refractivity contribution in [3.63, 3.8) is 0 Å². The van der Waals surface area contributed by atoms with Gasteiger partial charge in [0.05, 0.1) is 5.52 Å². The van der Waals surface area contributed by atoms with E-state index in [2.05, 4.69) is 32.8 Å². The number of fused-ring (bicyclic) bond motifs is 1. The number of hydrogen-bond acceptors (Lipinski definition) is 4. The molecule has 0 fully saturated rings. The summed E-state index contributed by atoms with van der Waals surface area (Å²) in [5.74, 6) is -0.0419. The van der Waals surface area contributed by atoms with Crippen molar-refractivity contribution < 1.29 is 4.79 Å². The molecule has 0 saturated carbocycles. The first-order chi connectivity index (χ1) is 14.7. The van der Waals surface area contributed by atoms with Gasteiger partial charge in [0.1, 0.15) is 0 Å². The summed E-state index contributed by atoms with van der Waals surface area (Å²) in [6.07, 6.45) is 9.45. The van der Waals surface area contributed by atoms with Gasteiger partial charge in [-0.05, 0) is 74.0 Å². The first-order valence-corrected chi connectivity index (χ1v) is 10.7. The number of amides is 1. The molecule has 0 bridgehead atoms. The zero-order valence-electron chi connectivity index (χ0n) is 16.8. The molecule has 1 aliphatic rings. The molecule has 1 aromatic heterocycles. The lowest BCUT2D eigenvalue weighted by molar-refractivity contribution is 0.0952. The fraction of sp³-hybridized carbons (Fsp3) is 0.250. The van der Waals surface area contributed by atoms with Gasteiger partial charge in [-0.1, -0.05) is 17.7 Å². The van der Waals surface area contributed by atoms with E-state index in [1.807, 2.05) is 48.5 Å². The maximum absolute atomic E-state index is 12.4. The number of anilines is 2. The van der Waals surface area contributed by atoms with Gasteiger partial charge in [-0.25, -0.2) is 0 Å². The molecule has 1 amide bonds. The Kier molecular flexibility index (Phi) is 6.50. The van der Waals surface area contributed by atoms with E-state index in [0.29, 0.717) is 17.1 Å². The third kappa shape index (κ3) is 5.10. The van der Waals surface area contributed by atoms with Crippen molar-refractivity contribution in [2.75, 3.05) is 25.0 Å². The smallest absolute Gasteiger partial charge is 0.251 e. The molecule has 154 valence electrons. The average Bonchev–Trinajstić information content (AvgIpc) is 2.78. The Morgan fingerprint density at radius 2 is 2.00 bits per heavy atom. The predicted molar refractivity (Wildman–Crippen MR) is 123 cm³/mol. The number of hydrogen-bond donors (Lipinski definition) is 2. The normalized spacial score (nSPS) is 13.4. The molecule has 0 radical (unpaired) electrons. The molecule has 2 heterocycles. The first kappa shape index (κ1) is 20.2. The van der Waals surface area contributed by atoms with Crippen LogP contribution >= 0.6 is 11.6 Å². The Morgan fingerprint density at radius 3 is 2.80 bits per heavy atom. The molecule has 0 spiro atoms. The Hall–Kier alpha value is -3.05. The van der Waals surface area contributed by atoms with Crippen molar-refractivity contribution >= 4 is 39.8 Å². The monoisotopic (exact) mass is 420 g/mol. The molecule has 3 aromatic rings. The minimum absolute atomic E-state index is 0.0419. The van der Waals surface area contributed by atoms with Gasteiger partial charge in [0.15, 0.2) is 0 Å². The molecule has 0 unspecified atom stereocenters. The topological polar surface area (TPSA) is 57.3 Å². The molecule has 2 aromatic carbocycles. The van der Waals surface area contributed by atoms with Crippen molar-refractivity contribution in [2.45, 2.75) is 19.3 Å². The third-order valence-electron chi connectivity index (χ3n) is 5.17. The van der Waals surface area contributed by atoms with Crippen LogP contribution < -0.4 is 10.6 Å². The van der Waals surface area contributed by atoms with Crippen LogP contribution in [0.1, 0.15) is 29.6 Å². The number of carbonyl (C=O) groups is 1. The summed E-state index contributed by atoms with van der Waals surface area (Å²) in [6, 6.07) is 15.1. The highest BCUT2D eigenvalue weighted by Crippen LogP contribution is 2.27. The fourth-order valence-electron chi connectivity index (χ4n) is 3.57. The number of benzene rings is 2. The van der Waals surface area contributed by atoms with Crippen LogP contribution in [0.3, 0.4) is 0 Å². The third-order valence-corrected chi connectivity index (χ3v) is 5.41. The van der Waals surface area contributed by atoms with E-state index in [4.69, 9.17) is 11.6 Å².